The largest absolute Gasteiger partial charge is 0.462 e. The molecule has 2 aromatic rings. The molecule has 0 atom stereocenters. The van der Waals surface area contributed by atoms with Gasteiger partial charge in [0.2, 0.25) is 0 Å². The van der Waals surface area contributed by atoms with Gasteiger partial charge in [-0.1, -0.05) is 12.1 Å². The molecule has 0 saturated carbocycles. The van der Waals surface area contributed by atoms with Crippen molar-refractivity contribution in [2.24, 2.45) is 0 Å². The van der Waals surface area contributed by atoms with E-state index in [1.165, 1.54) is 17.4 Å². The number of benzene rings is 1. The van der Waals surface area contributed by atoms with Crippen LogP contribution in [0.1, 0.15) is 38.4 Å². The van der Waals surface area contributed by atoms with Gasteiger partial charge in [-0.05, 0) is 36.1 Å². The lowest BCUT2D eigenvalue weighted by Gasteiger charge is -2.04. The highest BCUT2D eigenvalue weighted by molar-refractivity contribution is 7.12. The van der Waals surface area contributed by atoms with E-state index >= 15 is 0 Å². The molecule has 0 fully saturated rings. The fourth-order valence-corrected chi connectivity index (χ4v) is 2.45. The minimum Gasteiger partial charge on any atom is -0.462 e. The van der Waals surface area contributed by atoms with Gasteiger partial charge in [-0.3, -0.25) is 4.79 Å². The molecule has 0 aliphatic heterocycles. The van der Waals surface area contributed by atoms with Gasteiger partial charge < -0.3 is 4.74 Å². The Morgan fingerprint density at radius 1 is 1.24 bits per heavy atom. The lowest BCUT2D eigenvalue weighted by molar-refractivity contribution is 0.0494. The van der Waals surface area contributed by atoms with Gasteiger partial charge in [0.15, 0.2) is 5.78 Å². The maximum Gasteiger partial charge on any atom is 0.338 e. The Hall–Kier alpha value is -2.45. The molecule has 0 aliphatic rings. The van der Waals surface area contributed by atoms with Crippen molar-refractivity contribution in [2.45, 2.75) is 12.8 Å². The molecule has 1 aromatic carbocycles. The number of nitrogens with zero attached hydrogens (tertiary/aromatic N) is 1. The van der Waals surface area contributed by atoms with Gasteiger partial charge in [0.05, 0.1) is 28.7 Å². The SMILES string of the molecule is N#Cc1cccc(C(=O)OCCCC(=O)c2cccs2)c1. The number of ether oxygens (including phenoxy) is 1. The van der Waals surface area contributed by atoms with E-state index in [0.717, 1.165) is 4.88 Å². The summed E-state index contributed by atoms with van der Waals surface area (Å²) in [6, 6.07) is 11.9. The van der Waals surface area contributed by atoms with Gasteiger partial charge in [-0.25, -0.2) is 4.79 Å². The molecule has 2 rings (SSSR count). The van der Waals surface area contributed by atoms with Crippen LogP contribution in [-0.4, -0.2) is 18.4 Å². The lowest BCUT2D eigenvalue weighted by atomic mass is 10.1. The minimum atomic E-state index is -0.476. The summed E-state index contributed by atoms with van der Waals surface area (Å²) in [6.07, 6.45) is 0.840. The summed E-state index contributed by atoms with van der Waals surface area (Å²) in [6.45, 7) is 0.187. The van der Waals surface area contributed by atoms with E-state index in [1.807, 2.05) is 17.5 Å². The standard InChI is InChI=1S/C16H13NO3S/c17-11-12-4-1-5-13(10-12)16(19)20-8-2-6-14(18)15-7-3-9-21-15/h1,3-5,7,9-10H,2,6,8H2. The second kappa shape index (κ2) is 7.36. The maximum atomic E-state index is 11.8. The van der Waals surface area contributed by atoms with Crippen LogP contribution in [0.5, 0.6) is 0 Å². The van der Waals surface area contributed by atoms with Gasteiger partial charge >= 0.3 is 5.97 Å². The molecule has 0 aliphatic carbocycles. The Morgan fingerprint density at radius 2 is 2.10 bits per heavy atom. The topological polar surface area (TPSA) is 67.2 Å². The second-order valence-corrected chi connectivity index (χ2v) is 5.28. The number of Topliss-reactive ketones (excluding diaryl/α,β-unsaturated/α-hetero) is 1. The predicted octanol–water partition coefficient (Wildman–Crippen LogP) is 3.44. The average molecular weight is 299 g/mol. The molecule has 0 N–H and O–H groups in total. The van der Waals surface area contributed by atoms with Crippen molar-refractivity contribution in [3.63, 3.8) is 0 Å². The van der Waals surface area contributed by atoms with Crippen LogP contribution in [0.4, 0.5) is 0 Å². The molecule has 0 saturated heterocycles. The van der Waals surface area contributed by atoms with Crippen LogP contribution >= 0.6 is 11.3 Å². The minimum absolute atomic E-state index is 0.0625. The van der Waals surface area contributed by atoms with E-state index in [2.05, 4.69) is 0 Å². The Balaban J connectivity index is 1.77. The van der Waals surface area contributed by atoms with E-state index in [0.29, 0.717) is 24.0 Å². The fraction of sp³-hybridized carbons (Fsp3) is 0.188. The van der Waals surface area contributed by atoms with E-state index in [1.54, 1.807) is 24.3 Å². The first-order valence-corrected chi connectivity index (χ1v) is 7.32. The van der Waals surface area contributed by atoms with Gasteiger partial charge in [0.1, 0.15) is 0 Å². The van der Waals surface area contributed by atoms with Crippen molar-refractivity contribution in [3.05, 3.63) is 57.8 Å². The molecular weight excluding hydrogens is 286 g/mol. The van der Waals surface area contributed by atoms with Crippen LogP contribution in [0.2, 0.25) is 0 Å². The number of thiophene rings is 1. The van der Waals surface area contributed by atoms with Crippen LogP contribution in [0, 0.1) is 11.3 Å². The summed E-state index contributed by atoms with van der Waals surface area (Å²) in [5, 5.41) is 10.6. The summed E-state index contributed by atoms with van der Waals surface area (Å²) >= 11 is 1.41. The zero-order valence-electron chi connectivity index (χ0n) is 11.2. The fourth-order valence-electron chi connectivity index (χ4n) is 1.76. The number of esters is 1. The number of ketones is 1. The number of carbonyl (C=O) groups is 2. The van der Waals surface area contributed by atoms with Crippen molar-refractivity contribution in [3.8, 4) is 6.07 Å². The highest BCUT2D eigenvalue weighted by Gasteiger charge is 2.09. The summed E-state index contributed by atoms with van der Waals surface area (Å²) in [5.41, 5.74) is 0.760. The molecule has 1 heterocycles. The summed E-state index contributed by atoms with van der Waals surface area (Å²) in [4.78, 5) is 24.2. The molecular formula is C16H13NO3S. The first kappa shape index (κ1) is 14.9. The highest BCUT2D eigenvalue weighted by atomic mass is 32.1. The lowest BCUT2D eigenvalue weighted by Crippen LogP contribution is -2.08. The monoisotopic (exact) mass is 299 g/mol. The van der Waals surface area contributed by atoms with Crippen LogP contribution in [0.15, 0.2) is 41.8 Å². The molecule has 0 radical (unpaired) electrons. The molecule has 0 spiro atoms. The highest BCUT2D eigenvalue weighted by Crippen LogP contribution is 2.12. The molecule has 21 heavy (non-hydrogen) atoms. The van der Waals surface area contributed by atoms with Crippen LogP contribution in [0.3, 0.4) is 0 Å². The van der Waals surface area contributed by atoms with Gasteiger partial charge in [0, 0.05) is 6.42 Å². The van der Waals surface area contributed by atoms with Gasteiger partial charge in [-0.15, -0.1) is 11.3 Å². The molecule has 4 nitrogen and oxygen atoms in total. The summed E-state index contributed by atoms with van der Waals surface area (Å²) in [5.74, 6) is -0.414. The van der Waals surface area contributed by atoms with Crippen molar-refractivity contribution in [1.29, 1.82) is 5.26 Å². The van der Waals surface area contributed by atoms with E-state index in [4.69, 9.17) is 10.00 Å². The summed E-state index contributed by atoms with van der Waals surface area (Å²) < 4.78 is 5.10. The van der Waals surface area contributed by atoms with Crippen molar-refractivity contribution in [1.82, 2.24) is 0 Å². The zero-order valence-corrected chi connectivity index (χ0v) is 12.1. The summed E-state index contributed by atoms with van der Waals surface area (Å²) in [7, 11) is 0. The Bertz CT molecular complexity index is 671. The molecule has 0 unspecified atom stereocenters. The first-order chi connectivity index (χ1) is 10.2. The first-order valence-electron chi connectivity index (χ1n) is 6.44. The van der Waals surface area contributed by atoms with Crippen molar-refractivity contribution < 1.29 is 14.3 Å². The quantitative estimate of drug-likeness (QED) is 0.465. The van der Waals surface area contributed by atoms with E-state index in [-0.39, 0.29) is 12.4 Å². The van der Waals surface area contributed by atoms with Crippen LogP contribution < -0.4 is 0 Å². The zero-order chi connectivity index (χ0) is 15.1. The van der Waals surface area contributed by atoms with Gasteiger partial charge in [-0.2, -0.15) is 5.26 Å². The van der Waals surface area contributed by atoms with Crippen molar-refractivity contribution in [2.75, 3.05) is 6.61 Å². The smallest absolute Gasteiger partial charge is 0.338 e. The average Bonchev–Trinajstić information content (AvgIpc) is 3.05. The maximum absolute atomic E-state index is 11.8. The second-order valence-electron chi connectivity index (χ2n) is 4.33. The van der Waals surface area contributed by atoms with Crippen LogP contribution in [0.25, 0.3) is 0 Å². The van der Waals surface area contributed by atoms with Gasteiger partial charge in [0.25, 0.3) is 0 Å². The predicted molar refractivity (Wildman–Crippen MR) is 79.3 cm³/mol. The molecule has 106 valence electrons. The Kier molecular flexibility index (Phi) is 5.24. The third-order valence-electron chi connectivity index (χ3n) is 2.80. The Morgan fingerprint density at radius 3 is 2.81 bits per heavy atom. The number of hydrogen-bond acceptors (Lipinski definition) is 5. The molecule has 5 heteroatoms. The molecule has 0 amide bonds. The van der Waals surface area contributed by atoms with E-state index < -0.39 is 5.97 Å². The number of rotatable bonds is 6. The molecule has 0 bridgehead atoms. The third kappa shape index (κ3) is 4.26. The third-order valence-corrected chi connectivity index (χ3v) is 3.72. The Labute approximate surface area is 126 Å². The van der Waals surface area contributed by atoms with Crippen LogP contribution in [-0.2, 0) is 4.74 Å². The normalized spacial score (nSPS) is 9.86. The number of carbonyl (C=O) groups excluding carboxylic acids is 2. The number of hydrogen-bond donors (Lipinski definition) is 0. The van der Waals surface area contributed by atoms with E-state index in [9.17, 15) is 9.59 Å². The van der Waals surface area contributed by atoms with Crippen molar-refractivity contribution >= 4 is 23.1 Å². The molecule has 1 aromatic heterocycles. The number of nitriles is 1.